The molecule has 0 radical (unpaired) electrons. The molecule has 0 aliphatic heterocycles. The highest BCUT2D eigenvalue weighted by Crippen LogP contribution is 2.13. The molecule has 0 aliphatic rings. The number of nitrogens with one attached hydrogen (secondary N) is 1. The van der Waals surface area contributed by atoms with E-state index in [1.165, 1.54) is 11.8 Å². The van der Waals surface area contributed by atoms with E-state index < -0.39 is 0 Å². The number of aromatic amines is 1. The first-order valence-electron chi connectivity index (χ1n) is 5.81. The lowest BCUT2D eigenvalue weighted by atomic mass is 10.2. The Kier molecular flexibility index (Phi) is 3.08. The average Bonchev–Trinajstić information content (AvgIpc) is 2.76. The lowest BCUT2D eigenvalue weighted by molar-refractivity contribution is 0.691. The summed E-state index contributed by atoms with van der Waals surface area (Å²) in [6.45, 7) is 0.588. The number of rotatable bonds is 3. The summed E-state index contributed by atoms with van der Waals surface area (Å²) in [6.07, 6.45) is 3.49. The van der Waals surface area contributed by atoms with Gasteiger partial charge in [-0.15, -0.1) is 0 Å². The molecule has 0 fully saturated rings. The lowest BCUT2D eigenvalue weighted by Crippen LogP contribution is -2.07. The quantitative estimate of drug-likeness (QED) is 0.584. The second-order valence-electron chi connectivity index (χ2n) is 4.11. The van der Waals surface area contributed by atoms with Gasteiger partial charge in [-0.05, 0) is 11.8 Å². The third-order valence-corrected chi connectivity index (χ3v) is 3.41. The Labute approximate surface area is 113 Å². The topological polar surface area (TPSA) is 63.6 Å². The molecule has 0 amide bonds. The minimum atomic E-state index is -0.154. The number of fused-ring (bicyclic) bond motifs is 1. The SMILES string of the molecule is CSc1ncc2c(=O)[nH]n(Cc3ccccc3)c2n1. The fourth-order valence-corrected chi connectivity index (χ4v) is 2.27. The predicted octanol–water partition coefficient (Wildman–Crippen LogP) is 1.89. The van der Waals surface area contributed by atoms with Crippen LogP contribution in [0, 0.1) is 0 Å². The molecule has 2 aromatic heterocycles. The first-order chi connectivity index (χ1) is 9.28. The number of H-pyrrole nitrogens is 1. The minimum Gasteiger partial charge on any atom is -0.267 e. The van der Waals surface area contributed by atoms with Crippen molar-refractivity contribution in [3.8, 4) is 0 Å². The van der Waals surface area contributed by atoms with Crippen LogP contribution in [0.5, 0.6) is 0 Å². The third-order valence-electron chi connectivity index (χ3n) is 2.85. The summed E-state index contributed by atoms with van der Waals surface area (Å²) in [4.78, 5) is 20.3. The van der Waals surface area contributed by atoms with E-state index in [0.717, 1.165) is 5.56 Å². The van der Waals surface area contributed by atoms with E-state index in [9.17, 15) is 4.79 Å². The number of nitrogens with zero attached hydrogens (tertiary/aromatic N) is 3. The maximum Gasteiger partial charge on any atom is 0.275 e. The first-order valence-corrected chi connectivity index (χ1v) is 7.04. The molecule has 0 saturated heterocycles. The predicted molar refractivity (Wildman–Crippen MR) is 75.5 cm³/mol. The maximum atomic E-state index is 11.8. The van der Waals surface area contributed by atoms with Crippen molar-refractivity contribution in [1.29, 1.82) is 0 Å². The Morgan fingerprint density at radius 2 is 2.11 bits per heavy atom. The zero-order valence-electron chi connectivity index (χ0n) is 10.3. The number of aromatic nitrogens is 4. The summed E-state index contributed by atoms with van der Waals surface area (Å²) >= 11 is 1.46. The van der Waals surface area contributed by atoms with Crippen molar-refractivity contribution < 1.29 is 0 Å². The van der Waals surface area contributed by atoms with E-state index in [1.807, 2.05) is 36.6 Å². The second-order valence-corrected chi connectivity index (χ2v) is 4.88. The van der Waals surface area contributed by atoms with Crippen molar-refractivity contribution >= 4 is 22.8 Å². The summed E-state index contributed by atoms with van der Waals surface area (Å²) in [5.41, 5.74) is 1.60. The Hall–Kier alpha value is -2.08. The molecule has 3 rings (SSSR count). The molecular weight excluding hydrogens is 260 g/mol. The number of thioether (sulfide) groups is 1. The first kappa shape index (κ1) is 12.0. The van der Waals surface area contributed by atoms with Gasteiger partial charge in [-0.3, -0.25) is 14.6 Å². The molecule has 1 N–H and O–H groups in total. The van der Waals surface area contributed by atoms with Crippen molar-refractivity contribution in [2.24, 2.45) is 0 Å². The highest BCUT2D eigenvalue weighted by molar-refractivity contribution is 7.98. The summed E-state index contributed by atoms with van der Waals surface area (Å²) < 4.78 is 1.76. The van der Waals surface area contributed by atoms with Crippen LogP contribution in [-0.2, 0) is 6.54 Å². The monoisotopic (exact) mass is 272 g/mol. The normalized spacial score (nSPS) is 11.0. The summed E-state index contributed by atoms with van der Waals surface area (Å²) in [7, 11) is 0. The third kappa shape index (κ3) is 2.26. The molecule has 19 heavy (non-hydrogen) atoms. The van der Waals surface area contributed by atoms with Gasteiger partial charge in [0, 0.05) is 6.20 Å². The van der Waals surface area contributed by atoms with E-state index in [-0.39, 0.29) is 5.56 Å². The Bertz CT molecular complexity index is 763. The van der Waals surface area contributed by atoms with Gasteiger partial charge in [0.2, 0.25) is 0 Å². The molecule has 0 saturated carbocycles. The van der Waals surface area contributed by atoms with Crippen molar-refractivity contribution in [1.82, 2.24) is 19.7 Å². The summed E-state index contributed by atoms with van der Waals surface area (Å²) in [6, 6.07) is 9.94. The smallest absolute Gasteiger partial charge is 0.267 e. The molecule has 0 atom stereocenters. The maximum absolute atomic E-state index is 11.8. The fourth-order valence-electron chi connectivity index (χ4n) is 1.94. The fraction of sp³-hybridized carbons (Fsp3) is 0.154. The molecule has 0 aliphatic carbocycles. The van der Waals surface area contributed by atoms with E-state index in [1.54, 1.807) is 10.9 Å². The molecule has 1 aromatic carbocycles. The van der Waals surface area contributed by atoms with Crippen LogP contribution in [0.1, 0.15) is 5.56 Å². The largest absolute Gasteiger partial charge is 0.275 e. The molecule has 3 aromatic rings. The Morgan fingerprint density at radius 1 is 1.32 bits per heavy atom. The standard InChI is InChI=1S/C13H12N4OS/c1-19-13-14-7-10-11(15-13)17(16-12(10)18)8-9-5-3-2-4-6-9/h2-7H,8H2,1H3,(H,16,18). The zero-order chi connectivity index (χ0) is 13.2. The zero-order valence-corrected chi connectivity index (χ0v) is 11.1. The molecule has 0 unspecified atom stereocenters. The number of benzene rings is 1. The van der Waals surface area contributed by atoms with Crippen LogP contribution in [-0.4, -0.2) is 26.0 Å². The average molecular weight is 272 g/mol. The van der Waals surface area contributed by atoms with E-state index in [4.69, 9.17) is 0 Å². The van der Waals surface area contributed by atoms with Crippen molar-refractivity contribution in [2.45, 2.75) is 11.7 Å². The van der Waals surface area contributed by atoms with Crippen molar-refractivity contribution in [3.63, 3.8) is 0 Å². The molecule has 2 heterocycles. The lowest BCUT2D eigenvalue weighted by Gasteiger charge is -2.04. The van der Waals surface area contributed by atoms with Gasteiger partial charge in [-0.1, -0.05) is 42.1 Å². The van der Waals surface area contributed by atoms with Crippen LogP contribution in [0.2, 0.25) is 0 Å². The minimum absolute atomic E-state index is 0.154. The number of hydrogen-bond acceptors (Lipinski definition) is 4. The summed E-state index contributed by atoms with van der Waals surface area (Å²) in [5, 5.41) is 3.98. The van der Waals surface area contributed by atoms with Crippen LogP contribution in [0.15, 0.2) is 46.5 Å². The van der Waals surface area contributed by atoms with Crippen LogP contribution in [0.25, 0.3) is 11.0 Å². The van der Waals surface area contributed by atoms with Gasteiger partial charge in [0.05, 0.1) is 6.54 Å². The van der Waals surface area contributed by atoms with E-state index in [0.29, 0.717) is 22.7 Å². The summed E-state index contributed by atoms with van der Waals surface area (Å²) in [5.74, 6) is 0. The highest BCUT2D eigenvalue weighted by Gasteiger charge is 2.09. The van der Waals surface area contributed by atoms with Crippen LogP contribution < -0.4 is 5.56 Å². The van der Waals surface area contributed by atoms with Gasteiger partial charge in [-0.25, -0.2) is 9.97 Å². The Balaban J connectivity index is 2.10. The molecule has 96 valence electrons. The molecule has 6 heteroatoms. The van der Waals surface area contributed by atoms with E-state index in [2.05, 4.69) is 15.1 Å². The molecule has 0 bridgehead atoms. The van der Waals surface area contributed by atoms with E-state index >= 15 is 0 Å². The van der Waals surface area contributed by atoms with Crippen LogP contribution in [0.4, 0.5) is 0 Å². The highest BCUT2D eigenvalue weighted by atomic mass is 32.2. The van der Waals surface area contributed by atoms with Crippen LogP contribution >= 0.6 is 11.8 Å². The second kappa shape index (κ2) is 4.89. The van der Waals surface area contributed by atoms with Crippen LogP contribution in [0.3, 0.4) is 0 Å². The molecule has 0 spiro atoms. The number of hydrogen-bond donors (Lipinski definition) is 1. The van der Waals surface area contributed by atoms with Crippen molar-refractivity contribution in [2.75, 3.05) is 6.26 Å². The van der Waals surface area contributed by atoms with Gasteiger partial charge in [0.15, 0.2) is 10.8 Å². The van der Waals surface area contributed by atoms with Crippen molar-refractivity contribution in [3.05, 3.63) is 52.4 Å². The van der Waals surface area contributed by atoms with Gasteiger partial charge in [-0.2, -0.15) is 0 Å². The molecule has 5 nitrogen and oxygen atoms in total. The van der Waals surface area contributed by atoms with Gasteiger partial charge >= 0.3 is 0 Å². The molecular formula is C13H12N4OS. The van der Waals surface area contributed by atoms with Gasteiger partial charge < -0.3 is 0 Å². The van der Waals surface area contributed by atoms with Gasteiger partial charge in [0.25, 0.3) is 5.56 Å². The Morgan fingerprint density at radius 3 is 2.84 bits per heavy atom. The van der Waals surface area contributed by atoms with Gasteiger partial charge in [0.1, 0.15) is 5.39 Å².